The lowest BCUT2D eigenvalue weighted by Gasteiger charge is -2.09. The summed E-state index contributed by atoms with van der Waals surface area (Å²) in [5.41, 5.74) is -0.544. The Balaban J connectivity index is 2.10. The number of rotatable bonds is 2. The molecule has 2 heterocycles. The molecule has 3 aromatic rings. The zero-order valence-electron chi connectivity index (χ0n) is 12.0. The normalized spacial score (nSPS) is 11.5. The standard InChI is InChI=1S/C16H9ClF3N3O/c17-12-8-14(13-7-6-10(9-21-13)16(18,19)20)22-23(15(12)24)11-4-2-1-3-5-11/h1-9H. The average molecular weight is 352 g/mol. The van der Waals surface area contributed by atoms with Crippen molar-refractivity contribution >= 4 is 11.6 Å². The molecule has 0 fully saturated rings. The van der Waals surface area contributed by atoms with Crippen LogP contribution in [0.1, 0.15) is 5.56 Å². The Kier molecular flexibility index (Phi) is 4.11. The summed E-state index contributed by atoms with van der Waals surface area (Å²) in [4.78, 5) is 15.9. The molecular formula is C16H9ClF3N3O. The minimum absolute atomic E-state index is 0.106. The van der Waals surface area contributed by atoms with Crippen LogP contribution in [0.25, 0.3) is 17.1 Å². The summed E-state index contributed by atoms with van der Waals surface area (Å²) in [6.45, 7) is 0. The molecule has 3 rings (SSSR count). The van der Waals surface area contributed by atoms with Crippen molar-refractivity contribution in [3.63, 3.8) is 0 Å². The third kappa shape index (κ3) is 3.16. The lowest BCUT2D eigenvalue weighted by atomic mass is 10.2. The van der Waals surface area contributed by atoms with Gasteiger partial charge in [-0.1, -0.05) is 29.8 Å². The first-order valence-corrected chi connectivity index (χ1v) is 7.13. The Hall–Kier alpha value is -2.67. The number of nitrogens with zero attached hydrogens (tertiary/aromatic N) is 3. The second-order valence-corrected chi connectivity index (χ2v) is 5.27. The van der Waals surface area contributed by atoms with Crippen LogP contribution >= 0.6 is 11.6 Å². The largest absolute Gasteiger partial charge is 0.417 e. The minimum Gasteiger partial charge on any atom is -0.266 e. The Morgan fingerprint density at radius 2 is 1.71 bits per heavy atom. The first-order valence-electron chi connectivity index (χ1n) is 6.75. The number of halogens is 4. The molecule has 0 aliphatic carbocycles. The summed E-state index contributed by atoms with van der Waals surface area (Å²) in [5.74, 6) is 0. The van der Waals surface area contributed by atoms with Gasteiger partial charge in [-0.3, -0.25) is 9.78 Å². The van der Waals surface area contributed by atoms with Gasteiger partial charge in [-0.2, -0.15) is 23.0 Å². The first kappa shape index (κ1) is 16.2. The van der Waals surface area contributed by atoms with E-state index in [0.29, 0.717) is 11.9 Å². The zero-order chi connectivity index (χ0) is 17.3. The highest BCUT2D eigenvalue weighted by atomic mass is 35.5. The van der Waals surface area contributed by atoms with Gasteiger partial charge in [-0.05, 0) is 30.3 Å². The second kappa shape index (κ2) is 6.09. The van der Waals surface area contributed by atoms with Crippen molar-refractivity contribution in [1.82, 2.24) is 14.8 Å². The molecule has 0 radical (unpaired) electrons. The highest BCUT2D eigenvalue weighted by Gasteiger charge is 2.30. The Labute approximate surface area is 139 Å². The maximum atomic E-state index is 12.6. The number of alkyl halides is 3. The van der Waals surface area contributed by atoms with Crippen molar-refractivity contribution < 1.29 is 13.2 Å². The summed E-state index contributed by atoms with van der Waals surface area (Å²) < 4.78 is 38.9. The van der Waals surface area contributed by atoms with Crippen molar-refractivity contribution in [2.24, 2.45) is 0 Å². The molecule has 8 heteroatoms. The molecule has 0 unspecified atom stereocenters. The second-order valence-electron chi connectivity index (χ2n) is 4.86. The van der Waals surface area contributed by atoms with E-state index in [1.54, 1.807) is 30.3 Å². The van der Waals surface area contributed by atoms with Crippen LogP contribution in [-0.4, -0.2) is 14.8 Å². The number of hydrogen-bond acceptors (Lipinski definition) is 3. The smallest absolute Gasteiger partial charge is 0.266 e. The third-order valence-corrected chi connectivity index (χ3v) is 3.49. The van der Waals surface area contributed by atoms with E-state index in [2.05, 4.69) is 10.1 Å². The topological polar surface area (TPSA) is 47.8 Å². The molecule has 0 atom stereocenters. The van der Waals surface area contributed by atoms with Gasteiger partial charge >= 0.3 is 6.18 Å². The fraction of sp³-hybridized carbons (Fsp3) is 0.0625. The van der Waals surface area contributed by atoms with Gasteiger partial charge in [-0.15, -0.1) is 0 Å². The predicted molar refractivity (Wildman–Crippen MR) is 83.1 cm³/mol. The van der Waals surface area contributed by atoms with Gasteiger partial charge in [0.05, 0.1) is 16.9 Å². The summed E-state index contributed by atoms with van der Waals surface area (Å²) in [6, 6.07) is 11.9. The van der Waals surface area contributed by atoms with Crippen LogP contribution in [-0.2, 0) is 6.18 Å². The van der Waals surface area contributed by atoms with Crippen LogP contribution in [0.5, 0.6) is 0 Å². The van der Waals surface area contributed by atoms with Crippen LogP contribution < -0.4 is 5.56 Å². The molecule has 122 valence electrons. The van der Waals surface area contributed by atoms with E-state index in [0.717, 1.165) is 10.7 Å². The summed E-state index contributed by atoms with van der Waals surface area (Å²) in [6.07, 6.45) is -3.76. The number of pyridine rings is 1. The van der Waals surface area contributed by atoms with Gasteiger partial charge in [0.15, 0.2) is 0 Å². The monoisotopic (exact) mass is 351 g/mol. The van der Waals surface area contributed by atoms with Gasteiger partial charge in [0.1, 0.15) is 10.7 Å². The number of hydrogen-bond donors (Lipinski definition) is 0. The lowest BCUT2D eigenvalue weighted by Crippen LogP contribution is -2.22. The fourth-order valence-electron chi connectivity index (χ4n) is 2.05. The van der Waals surface area contributed by atoms with Crippen molar-refractivity contribution in [2.75, 3.05) is 0 Å². The van der Waals surface area contributed by atoms with Crippen LogP contribution in [0, 0.1) is 0 Å². The molecule has 0 saturated carbocycles. The molecule has 0 N–H and O–H groups in total. The highest BCUT2D eigenvalue weighted by molar-refractivity contribution is 6.30. The molecule has 0 saturated heterocycles. The van der Waals surface area contributed by atoms with Gasteiger partial charge in [-0.25, -0.2) is 0 Å². The Morgan fingerprint density at radius 3 is 2.29 bits per heavy atom. The quantitative estimate of drug-likeness (QED) is 0.702. The molecular weight excluding hydrogens is 343 g/mol. The van der Waals surface area contributed by atoms with Gasteiger partial charge in [0.25, 0.3) is 5.56 Å². The number of para-hydroxylation sites is 1. The zero-order valence-corrected chi connectivity index (χ0v) is 12.7. The van der Waals surface area contributed by atoms with E-state index in [1.807, 2.05) is 0 Å². The van der Waals surface area contributed by atoms with Crippen molar-refractivity contribution in [2.45, 2.75) is 6.18 Å². The van der Waals surface area contributed by atoms with E-state index in [9.17, 15) is 18.0 Å². The minimum atomic E-state index is -4.47. The third-order valence-electron chi connectivity index (χ3n) is 3.22. The summed E-state index contributed by atoms with van der Waals surface area (Å²) in [7, 11) is 0. The van der Waals surface area contributed by atoms with E-state index in [1.165, 1.54) is 12.1 Å². The molecule has 0 amide bonds. The molecule has 2 aromatic heterocycles. The Bertz CT molecular complexity index is 922. The fourth-order valence-corrected chi connectivity index (χ4v) is 2.23. The van der Waals surface area contributed by atoms with Crippen LogP contribution in [0.2, 0.25) is 5.02 Å². The molecule has 0 spiro atoms. The molecule has 4 nitrogen and oxygen atoms in total. The van der Waals surface area contributed by atoms with Gasteiger partial charge < -0.3 is 0 Å². The molecule has 1 aromatic carbocycles. The maximum Gasteiger partial charge on any atom is 0.417 e. The Morgan fingerprint density at radius 1 is 1.00 bits per heavy atom. The highest BCUT2D eigenvalue weighted by Crippen LogP contribution is 2.29. The van der Waals surface area contributed by atoms with Crippen LogP contribution in [0.3, 0.4) is 0 Å². The predicted octanol–water partition coefficient (Wildman–Crippen LogP) is 3.97. The molecule has 0 bridgehead atoms. The van der Waals surface area contributed by atoms with E-state index in [4.69, 9.17) is 11.6 Å². The van der Waals surface area contributed by atoms with Crippen LogP contribution in [0.4, 0.5) is 13.2 Å². The SMILES string of the molecule is O=c1c(Cl)cc(-c2ccc(C(F)(F)F)cn2)nn1-c1ccccc1. The maximum absolute atomic E-state index is 12.6. The van der Waals surface area contributed by atoms with Gasteiger partial charge in [0, 0.05) is 6.20 Å². The molecule has 0 aliphatic heterocycles. The lowest BCUT2D eigenvalue weighted by molar-refractivity contribution is -0.137. The van der Waals surface area contributed by atoms with E-state index < -0.39 is 17.3 Å². The molecule has 24 heavy (non-hydrogen) atoms. The van der Waals surface area contributed by atoms with Crippen molar-refractivity contribution in [3.05, 3.63) is 75.7 Å². The molecule has 0 aliphatic rings. The summed E-state index contributed by atoms with van der Waals surface area (Å²) in [5, 5.41) is 4.04. The first-order chi connectivity index (χ1) is 11.4. The number of benzene rings is 1. The van der Waals surface area contributed by atoms with E-state index in [-0.39, 0.29) is 16.4 Å². The van der Waals surface area contributed by atoms with Crippen LogP contribution in [0.15, 0.2) is 59.5 Å². The van der Waals surface area contributed by atoms with Crippen molar-refractivity contribution in [1.29, 1.82) is 0 Å². The van der Waals surface area contributed by atoms with Gasteiger partial charge in [0.2, 0.25) is 0 Å². The number of aromatic nitrogens is 3. The average Bonchev–Trinajstić information content (AvgIpc) is 2.57. The van der Waals surface area contributed by atoms with Crippen molar-refractivity contribution in [3.8, 4) is 17.1 Å². The summed E-state index contributed by atoms with van der Waals surface area (Å²) >= 11 is 5.94. The van der Waals surface area contributed by atoms with E-state index >= 15 is 0 Å².